The molecule has 2 aromatic heterocycles. The quantitative estimate of drug-likeness (QED) is 0.552. The predicted molar refractivity (Wildman–Crippen MR) is 95.1 cm³/mol. The highest BCUT2D eigenvalue weighted by atomic mass is 35.5. The van der Waals surface area contributed by atoms with Gasteiger partial charge in [0.2, 0.25) is 0 Å². The van der Waals surface area contributed by atoms with Crippen LogP contribution in [0.25, 0.3) is 10.7 Å². The number of aromatic nitrogens is 3. The number of carbonyl (C=O) groups excluding carboxylic acids is 1. The summed E-state index contributed by atoms with van der Waals surface area (Å²) in [4.78, 5) is 32.0. The number of non-ortho nitro benzene ring substituents is 1. The zero-order chi connectivity index (χ0) is 18.1. The van der Waals surface area contributed by atoms with Crippen LogP contribution < -0.4 is 5.32 Å². The molecule has 0 aliphatic carbocycles. The Morgan fingerprint density at radius 3 is 2.80 bits per heavy atom. The van der Waals surface area contributed by atoms with E-state index in [1.54, 1.807) is 6.20 Å². The first-order valence-electron chi connectivity index (χ1n) is 7.07. The Morgan fingerprint density at radius 1 is 1.44 bits per heavy atom. The Labute approximate surface area is 151 Å². The molecule has 0 saturated carbocycles. The van der Waals surface area contributed by atoms with Crippen LogP contribution in [-0.4, -0.2) is 25.4 Å². The van der Waals surface area contributed by atoms with Crippen molar-refractivity contribution in [2.24, 2.45) is 7.05 Å². The standard InChI is InChI=1S/C15H12ClN5O3S/c1-8-12(13-17-5-6-20(13)2)25-15(18-8)19-14(22)10-4-3-9(21(23)24)7-11(10)16/h3-7H,1-2H3,(H,18,19,22). The van der Waals surface area contributed by atoms with Gasteiger partial charge in [-0.2, -0.15) is 0 Å². The van der Waals surface area contributed by atoms with Gasteiger partial charge in [0.15, 0.2) is 11.0 Å². The average Bonchev–Trinajstić information content (AvgIpc) is 3.12. The Kier molecular flexibility index (Phi) is 4.51. The van der Waals surface area contributed by atoms with E-state index < -0.39 is 10.8 Å². The van der Waals surface area contributed by atoms with E-state index in [1.165, 1.54) is 23.5 Å². The fourth-order valence-corrected chi connectivity index (χ4v) is 3.47. The lowest BCUT2D eigenvalue weighted by Gasteiger charge is -2.03. The number of anilines is 1. The molecule has 10 heteroatoms. The van der Waals surface area contributed by atoms with Gasteiger partial charge in [0.1, 0.15) is 0 Å². The topological polar surface area (TPSA) is 103 Å². The number of nitrogens with one attached hydrogen (secondary N) is 1. The van der Waals surface area contributed by atoms with Crippen molar-refractivity contribution in [1.82, 2.24) is 14.5 Å². The summed E-state index contributed by atoms with van der Waals surface area (Å²) in [6.07, 6.45) is 3.51. The number of hydrogen-bond donors (Lipinski definition) is 1. The van der Waals surface area contributed by atoms with Crippen LogP contribution in [0.3, 0.4) is 0 Å². The number of imidazole rings is 1. The molecule has 0 fully saturated rings. The highest BCUT2D eigenvalue weighted by molar-refractivity contribution is 7.19. The van der Waals surface area contributed by atoms with E-state index in [-0.39, 0.29) is 16.3 Å². The number of rotatable bonds is 4. The summed E-state index contributed by atoms with van der Waals surface area (Å²) < 4.78 is 1.86. The van der Waals surface area contributed by atoms with E-state index in [0.29, 0.717) is 5.13 Å². The van der Waals surface area contributed by atoms with Crippen molar-refractivity contribution < 1.29 is 9.72 Å². The average molecular weight is 378 g/mol. The summed E-state index contributed by atoms with van der Waals surface area (Å²) in [5, 5.41) is 13.8. The van der Waals surface area contributed by atoms with Crippen molar-refractivity contribution >= 4 is 39.7 Å². The summed E-state index contributed by atoms with van der Waals surface area (Å²) in [5.74, 6) is 0.268. The van der Waals surface area contributed by atoms with Gasteiger partial charge in [0.05, 0.1) is 26.1 Å². The number of carbonyl (C=O) groups is 1. The number of benzene rings is 1. The van der Waals surface area contributed by atoms with Gasteiger partial charge in [0, 0.05) is 31.6 Å². The third-order valence-corrected chi connectivity index (χ3v) is 4.83. The van der Waals surface area contributed by atoms with Gasteiger partial charge in [-0.15, -0.1) is 0 Å². The van der Waals surface area contributed by atoms with E-state index in [1.807, 2.05) is 24.7 Å². The number of thiazole rings is 1. The first kappa shape index (κ1) is 17.1. The van der Waals surface area contributed by atoms with Crippen LogP contribution in [0.5, 0.6) is 0 Å². The van der Waals surface area contributed by atoms with Gasteiger partial charge >= 0.3 is 0 Å². The highest BCUT2D eigenvalue weighted by Gasteiger charge is 2.18. The van der Waals surface area contributed by atoms with Crippen LogP contribution in [0.4, 0.5) is 10.8 Å². The van der Waals surface area contributed by atoms with Gasteiger partial charge in [-0.3, -0.25) is 20.2 Å². The lowest BCUT2D eigenvalue weighted by atomic mass is 10.2. The predicted octanol–water partition coefficient (Wildman–Crippen LogP) is 3.67. The van der Waals surface area contributed by atoms with Crippen LogP contribution in [0.2, 0.25) is 5.02 Å². The molecule has 0 saturated heterocycles. The lowest BCUT2D eigenvalue weighted by Crippen LogP contribution is -2.12. The van der Waals surface area contributed by atoms with E-state index in [4.69, 9.17) is 11.6 Å². The maximum Gasteiger partial charge on any atom is 0.270 e. The summed E-state index contributed by atoms with van der Waals surface area (Å²) in [6, 6.07) is 3.69. The molecule has 0 aliphatic heterocycles. The zero-order valence-electron chi connectivity index (χ0n) is 13.2. The van der Waals surface area contributed by atoms with Gasteiger partial charge in [-0.25, -0.2) is 9.97 Å². The summed E-state index contributed by atoms with van der Waals surface area (Å²) in [5.41, 5.74) is 0.701. The molecule has 1 N–H and O–H groups in total. The maximum absolute atomic E-state index is 12.4. The van der Waals surface area contributed by atoms with Crippen molar-refractivity contribution in [2.75, 3.05) is 5.32 Å². The van der Waals surface area contributed by atoms with Gasteiger partial charge < -0.3 is 4.57 Å². The minimum atomic E-state index is -0.573. The third kappa shape index (κ3) is 3.37. The monoisotopic (exact) mass is 377 g/mol. The number of halogens is 1. The number of hydrogen-bond acceptors (Lipinski definition) is 6. The molecule has 0 aliphatic rings. The van der Waals surface area contributed by atoms with E-state index in [0.717, 1.165) is 22.5 Å². The fraction of sp³-hybridized carbons (Fsp3) is 0.133. The second-order valence-electron chi connectivity index (χ2n) is 5.17. The first-order chi connectivity index (χ1) is 11.9. The molecular formula is C15H12ClN5O3S. The molecule has 3 aromatic rings. The summed E-state index contributed by atoms with van der Waals surface area (Å²) in [6.45, 7) is 1.83. The van der Waals surface area contributed by atoms with E-state index >= 15 is 0 Å². The third-order valence-electron chi connectivity index (χ3n) is 3.45. The largest absolute Gasteiger partial charge is 0.333 e. The molecule has 0 unspecified atom stereocenters. The van der Waals surface area contributed by atoms with Gasteiger partial charge in [-0.1, -0.05) is 22.9 Å². The molecule has 8 nitrogen and oxygen atoms in total. The number of aryl methyl sites for hydroxylation is 2. The minimum absolute atomic E-state index is 0.00398. The Hall–Kier alpha value is -2.78. The van der Waals surface area contributed by atoms with E-state index in [9.17, 15) is 14.9 Å². The van der Waals surface area contributed by atoms with Gasteiger partial charge in [0.25, 0.3) is 11.6 Å². The van der Waals surface area contributed by atoms with Crippen molar-refractivity contribution in [2.45, 2.75) is 6.92 Å². The van der Waals surface area contributed by atoms with Crippen molar-refractivity contribution in [3.8, 4) is 10.7 Å². The molecular weight excluding hydrogens is 366 g/mol. The van der Waals surface area contributed by atoms with Crippen LogP contribution in [0.1, 0.15) is 16.1 Å². The Morgan fingerprint density at radius 2 is 2.20 bits per heavy atom. The maximum atomic E-state index is 12.4. The molecule has 0 radical (unpaired) electrons. The highest BCUT2D eigenvalue weighted by Crippen LogP contribution is 2.32. The molecule has 3 rings (SSSR count). The molecule has 128 valence electrons. The van der Waals surface area contributed by atoms with Crippen molar-refractivity contribution in [3.05, 3.63) is 57.0 Å². The zero-order valence-corrected chi connectivity index (χ0v) is 14.8. The molecule has 2 heterocycles. The van der Waals surface area contributed by atoms with Crippen molar-refractivity contribution in [3.63, 3.8) is 0 Å². The molecule has 0 atom stereocenters. The molecule has 0 spiro atoms. The smallest absolute Gasteiger partial charge is 0.270 e. The Bertz CT molecular complexity index is 981. The van der Waals surface area contributed by atoms with Crippen LogP contribution in [0, 0.1) is 17.0 Å². The normalized spacial score (nSPS) is 10.7. The minimum Gasteiger partial charge on any atom is -0.333 e. The summed E-state index contributed by atoms with van der Waals surface area (Å²) >= 11 is 7.27. The molecule has 0 bridgehead atoms. The van der Waals surface area contributed by atoms with Crippen LogP contribution >= 0.6 is 22.9 Å². The number of nitro groups is 1. The molecule has 1 aromatic carbocycles. The first-order valence-corrected chi connectivity index (χ1v) is 8.26. The fourth-order valence-electron chi connectivity index (χ4n) is 2.21. The Balaban J connectivity index is 1.85. The van der Waals surface area contributed by atoms with Crippen LogP contribution in [0.15, 0.2) is 30.6 Å². The van der Waals surface area contributed by atoms with Gasteiger partial charge in [-0.05, 0) is 13.0 Å². The van der Waals surface area contributed by atoms with E-state index in [2.05, 4.69) is 15.3 Å². The van der Waals surface area contributed by atoms with Crippen LogP contribution in [-0.2, 0) is 7.05 Å². The second kappa shape index (κ2) is 6.61. The second-order valence-corrected chi connectivity index (χ2v) is 6.58. The number of nitrogens with zero attached hydrogens (tertiary/aromatic N) is 4. The van der Waals surface area contributed by atoms with Crippen molar-refractivity contribution in [1.29, 1.82) is 0 Å². The number of amides is 1. The SMILES string of the molecule is Cc1nc(NC(=O)c2ccc([N+](=O)[O-])cc2Cl)sc1-c1nccn1C. The number of nitro benzene ring substituents is 1. The molecule has 25 heavy (non-hydrogen) atoms. The summed E-state index contributed by atoms with van der Waals surface area (Å²) in [7, 11) is 1.87. The lowest BCUT2D eigenvalue weighted by molar-refractivity contribution is -0.384. The molecule has 1 amide bonds.